The summed E-state index contributed by atoms with van der Waals surface area (Å²) in [5.74, 6) is 0. The van der Waals surface area contributed by atoms with Crippen LogP contribution in [0.3, 0.4) is 0 Å². The maximum atomic E-state index is 3.56. The second-order valence-electron chi connectivity index (χ2n) is 4.79. The molecule has 1 heterocycles. The number of thiophene rings is 1. The molecule has 0 spiro atoms. The first-order chi connectivity index (χ1) is 9.83. The number of halogens is 2. The van der Waals surface area contributed by atoms with Crippen molar-refractivity contribution in [3.63, 3.8) is 0 Å². The summed E-state index contributed by atoms with van der Waals surface area (Å²) in [6.07, 6.45) is 0. The Hall–Kier alpha value is -1.16. The first kappa shape index (κ1) is 14.8. The predicted molar refractivity (Wildman–Crippen MR) is 103 cm³/mol. The minimum absolute atomic E-state index is 0. The van der Waals surface area contributed by atoms with Crippen molar-refractivity contribution in [2.24, 2.45) is 0 Å². The van der Waals surface area contributed by atoms with Crippen LogP contribution in [0.4, 0.5) is 0 Å². The summed E-state index contributed by atoms with van der Waals surface area (Å²) in [4.78, 5) is 0. The molecule has 0 unspecified atom stereocenters. The lowest BCUT2D eigenvalue weighted by molar-refractivity contribution is 1.63. The molecule has 0 saturated carbocycles. The van der Waals surface area contributed by atoms with Gasteiger partial charge in [0.2, 0.25) is 0 Å². The zero-order chi connectivity index (χ0) is 13.5. The van der Waals surface area contributed by atoms with Gasteiger partial charge in [0.05, 0.1) is 0 Å². The minimum atomic E-state index is 0. The zero-order valence-corrected chi connectivity index (χ0v) is 15.2. The van der Waals surface area contributed by atoms with Gasteiger partial charge in [-0.25, -0.2) is 0 Å². The van der Waals surface area contributed by atoms with Crippen molar-refractivity contribution in [2.75, 3.05) is 0 Å². The third kappa shape index (κ3) is 2.54. The number of hydrogen-bond acceptors (Lipinski definition) is 1. The fraction of sp³-hybridized carbons (Fsp3) is 0. The van der Waals surface area contributed by atoms with Gasteiger partial charge in [0.1, 0.15) is 0 Å². The Kier molecular flexibility index (Phi) is 4.16. The summed E-state index contributed by atoms with van der Waals surface area (Å²) >= 11 is 5.44. The number of hydrogen-bond donors (Lipinski definition) is 0. The van der Waals surface area contributed by atoms with Crippen molar-refractivity contribution in [1.29, 1.82) is 0 Å². The summed E-state index contributed by atoms with van der Waals surface area (Å²) in [5, 5.41) is 2.70. The largest absolute Gasteiger partial charge is 0.135 e. The first-order valence-corrected chi connectivity index (χ1v) is 8.10. The van der Waals surface area contributed by atoms with Gasteiger partial charge in [-0.15, -0.1) is 28.3 Å². The SMILES string of the molecule is Br.Brc1cccc(-c2cccc3c2sc2ccccc23)c1. The Morgan fingerprint density at radius 2 is 1.52 bits per heavy atom. The van der Waals surface area contributed by atoms with E-state index >= 15 is 0 Å². The molecule has 0 radical (unpaired) electrons. The van der Waals surface area contributed by atoms with Gasteiger partial charge in [-0.3, -0.25) is 0 Å². The average Bonchev–Trinajstić information content (AvgIpc) is 2.86. The van der Waals surface area contributed by atoms with Gasteiger partial charge in [-0.1, -0.05) is 64.5 Å². The Bertz CT molecular complexity index is 925. The van der Waals surface area contributed by atoms with Crippen LogP contribution in [-0.4, -0.2) is 0 Å². The Labute approximate surface area is 146 Å². The molecule has 0 amide bonds. The van der Waals surface area contributed by atoms with Gasteiger partial charge in [0.15, 0.2) is 0 Å². The summed E-state index contributed by atoms with van der Waals surface area (Å²) in [6, 6.07) is 23.7. The topological polar surface area (TPSA) is 0 Å². The second kappa shape index (κ2) is 5.91. The molecule has 3 aromatic carbocycles. The van der Waals surface area contributed by atoms with Crippen LogP contribution >= 0.6 is 44.2 Å². The van der Waals surface area contributed by atoms with Crippen LogP contribution in [0.5, 0.6) is 0 Å². The van der Waals surface area contributed by atoms with Crippen molar-refractivity contribution in [2.45, 2.75) is 0 Å². The molecule has 21 heavy (non-hydrogen) atoms. The molecule has 0 aliphatic rings. The Balaban J connectivity index is 0.00000132. The van der Waals surface area contributed by atoms with Crippen molar-refractivity contribution in [3.05, 3.63) is 71.2 Å². The van der Waals surface area contributed by atoms with E-state index in [1.807, 2.05) is 11.3 Å². The standard InChI is InChI=1S/C18H11BrS.BrH/c19-13-6-3-5-12(11-13)14-8-4-9-16-15-7-1-2-10-17(15)20-18(14)16;/h1-11H;1H. The molecule has 0 aliphatic heterocycles. The van der Waals surface area contributed by atoms with Crippen LogP contribution in [0, 0.1) is 0 Å². The summed E-state index contributed by atoms with van der Waals surface area (Å²) in [6.45, 7) is 0. The van der Waals surface area contributed by atoms with E-state index in [9.17, 15) is 0 Å². The van der Waals surface area contributed by atoms with Crippen LogP contribution < -0.4 is 0 Å². The maximum Gasteiger partial charge on any atom is 0.0433 e. The molecule has 0 aliphatic carbocycles. The summed E-state index contributed by atoms with van der Waals surface area (Å²) in [7, 11) is 0. The molecule has 0 saturated heterocycles. The van der Waals surface area contributed by atoms with Gasteiger partial charge in [-0.2, -0.15) is 0 Å². The van der Waals surface area contributed by atoms with E-state index in [0.717, 1.165) is 4.47 Å². The van der Waals surface area contributed by atoms with Crippen LogP contribution in [0.15, 0.2) is 71.2 Å². The first-order valence-electron chi connectivity index (χ1n) is 6.49. The molecule has 4 aromatic rings. The smallest absolute Gasteiger partial charge is 0.0433 e. The van der Waals surface area contributed by atoms with Gasteiger partial charge >= 0.3 is 0 Å². The van der Waals surface area contributed by atoms with Gasteiger partial charge in [-0.05, 0) is 29.3 Å². The van der Waals surface area contributed by atoms with Crippen LogP contribution in [0.1, 0.15) is 0 Å². The van der Waals surface area contributed by atoms with E-state index < -0.39 is 0 Å². The quantitative estimate of drug-likeness (QED) is 0.309. The molecule has 1 aromatic heterocycles. The van der Waals surface area contributed by atoms with E-state index in [-0.39, 0.29) is 17.0 Å². The lowest BCUT2D eigenvalue weighted by Gasteiger charge is -2.04. The van der Waals surface area contributed by atoms with E-state index in [4.69, 9.17) is 0 Å². The Morgan fingerprint density at radius 3 is 2.38 bits per heavy atom. The van der Waals surface area contributed by atoms with Crippen molar-refractivity contribution in [3.8, 4) is 11.1 Å². The molecule has 0 bridgehead atoms. The van der Waals surface area contributed by atoms with Gasteiger partial charge in [0.25, 0.3) is 0 Å². The normalized spacial score (nSPS) is 10.7. The maximum absolute atomic E-state index is 3.56. The van der Waals surface area contributed by atoms with Gasteiger partial charge in [0, 0.05) is 24.6 Å². The molecule has 0 atom stereocenters. The molecular weight excluding hydrogens is 408 g/mol. The minimum Gasteiger partial charge on any atom is -0.135 e. The van der Waals surface area contributed by atoms with Crippen molar-refractivity contribution >= 4 is 64.4 Å². The number of rotatable bonds is 1. The van der Waals surface area contributed by atoms with E-state index in [1.165, 1.54) is 31.3 Å². The van der Waals surface area contributed by atoms with Crippen molar-refractivity contribution < 1.29 is 0 Å². The molecule has 104 valence electrons. The molecule has 0 N–H and O–H groups in total. The van der Waals surface area contributed by atoms with E-state index in [2.05, 4.69) is 82.7 Å². The highest BCUT2D eigenvalue weighted by atomic mass is 79.9. The third-order valence-corrected chi connectivity index (χ3v) is 5.25. The zero-order valence-electron chi connectivity index (χ0n) is 11.0. The lowest BCUT2D eigenvalue weighted by Crippen LogP contribution is -1.77. The van der Waals surface area contributed by atoms with Crippen molar-refractivity contribution in [1.82, 2.24) is 0 Å². The van der Waals surface area contributed by atoms with Crippen LogP contribution in [0.25, 0.3) is 31.3 Å². The van der Waals surface area contributed by atoms with Crippen LogP contribution in [-0.2, 0) is 0 Å². The lowest BCUT2D eigenvalue weighted by atomic mass is 10.0. The fourth-order valence-electron chi connectivity index (χ4n) is 2.63. The predicted octanol–water partition coefficient (Wildman–Crippen LogP) is 7.06. The molecule has 4 rings (SSSR count). The number of benzene rings is 3. The van der Waals surface area contributed by atoms with Crippen LogP contribution in [0.2, 0.25) is 0 Å². The van der Waals surface area contributed by atoms with E-state index in [0.29, 0.717) is 0 Å². The highest BCUT2D eigenvalue weighted by Gasteiger charge is 2.09. The monoisotopic (exact) mass is 418 g/mol. The van der Waals surface area contributed by atoms with E-state index in [1.54, 1.807) is 0 Å². The fourth-order valence-corrected chi connectivity index (χ4v) is 4.27. The average molecular weight is 420 g/mol. The third-order valence-electron chi connectivity index (χ3n) is 3.54. The number of fused-ring (bicyclic) bond motifs is 3. The molecule has 3 heteroatoms. The summed E-state index contributed by atoms with van der Waals surface area (Å²) < 4.78 is 3.84. The van der Waals surface area contributed by atoms with Gasteiger partial charge < -0.3 is 0 Å². The molecular formula is C18H12Br2S. The molecule has 0 nitrogen and oxygen atoms in total. The Morgan fingerprint density at radius 1 is 0.762 bits per heavy atom. The second-order valence-corrected chi connectivity index (χ2v) is 6.76. The highest BCUT2D eigenvalue weighted by Crippen LogP contribution is 2.39. The highest BCUT2D eigenvalue weighted by molar-refractivity contribution is 9.10. The molecule has 0 fully saturated rings. The summed E-state index contributed by atoms with van der Waals surface area (Å²) in [5.41, 5.74) is 2.57.